The lowest BCUT2D eigenvalue weighted by Gasteiger charge is -2.13. The van der Waals surface area contributed by atoms with Gasteiger partial charge in [0.15, 0.2) is 0 Å². The minimum atomic E-state index is -3.86. The maximum absolute atomic E-state index is 13.2. The van der Waals surface area contributed by atoms with Crippen molar-refractivity contribution < 1.29 is 17.9 Å². The third kappa shape index (κ3) is 2.85. The summed E-state index contributed by atoms with van der Waals surface area (Å²) in [7, 11) is -3.86. The number of nitrogens with one attached hydrogen (secondary N) is 1. The van der Waals surface area contributed by atoms with Crippen LogP contribution in [-0.2, 0) is 10.0 Å². The molecule has 0 saturated heterocycles. The van der Waals surface area contributed by atoms with Crippen molar-refractivity contribution >= 4 is 26.5 Å². The summed E-state index contributed by atoms with van der Waals surface area (Å²) < 4.78 is 40.8. The van der Waals surface area contributed by atoms with Crippen LogP contribution in [0.15, 0.2) is 59.5 Å². The molecule has 0 heterocycles. The Kier molecular flexibility index (Phi) is 3.69. The van der Waals surface area contributed by atoms with Crippen molar-refractivity contribution in [3.8, 4) is 5.75 Å². The van der Waals surface area contributed by atoms with Crippen LogP contribution < -0.4 is 4.72 Å². The van der Waals surface area contributed by atoms with Gasteiger partial charge in [0, 0.05) is 10.8 Å². The van der Waals surface area contributed by atoms with E-state index in [2.05, 4.69) is 4.72 Å². The van der Waals surface area contributed by atoms with Crippen LogP contribution in [0.3, 0.4) is 0 Å². The van der Waals surface area contributed by atoms with Crippen molar-refractivity contribution in [2.45, 2.75) is 11.8 Å². The minimum Gasteiger partial charge on any atom is -0.507 e. The number of phenolic OH excluding ortho intramolecular Hbond substituents is 1. The summed E-state index contributed by atoms with van der Waals surface area (Å²) in [6, 6.07) is 13.4. The second kappa shape index (κ2) is 5.55. The fraction of sp³-hybridized carbons (Fsp3) is 0.0588. The first-order valence-corrected chi connectivity index (χ1v) is 8.36. The van der Waals surface area contributed by atoms with Gasteiger partial charge in [-0.05, 0) is 42.8 Å². The molecule has 0 atom stereocenters. The van der Waals surface area contributed by atoms with Gasteiger partial charge in [0.1, 0.15) is 11.6 Å². The van der Waals surface area contributed by atoms with Gasteiger partial charge in [0.2, 0.25) is 0 Å². The molecule has 0 bridgehead atoms. The quantitative estimate of drug-likeness (QED) is 0.718. The number of aromatic hydroxyl groups is 1. The van der Waals surface area contributed by atoms with Gasteiger partial charge >= 0.3 is 0 Å². The molecular formula is C17H14FNO3S. The topological polar surface area (TPSA) is 66.4 Å². The maximum atomic E-state index is 13.2. The number of anilines is 1. The number of rotatable bonds is 3. The van der Waals surface area contributed by atoms with Gasteiger partial charge in [-0.3, -0.25) is 4.72 Å². The van der Waals surface area contributed by atoms with Crippen molar-refractivity contribution in [1.29, 1.82) is 0 Å². The summed E-state index contributed by atoms with van der Waals surface area (Å²) in [5.41, 5.74) is 0.669. The summed E-state index contributed by atoms with van der Waals surface area (Å²) in [5, 5.41) is 11.0. The van der Waals surface area contributed by atoms with Crippen LogP contribution in [0.4, 0.5) is 10.1 Å². The Morgan fingerprint density at radius 1 is 1.00 bits per heavy atom. The molecule has 6 heteroatoms. The van der Waals surface area contributed by atoms with E-state index in [9.17, 15) is 17.9 Å². The predicted molar refractivity (Wildman–Crippen MR) is 87.6 cm³/mol. The van der Waals surface area contributed by atoms with Gasteiger partial charge in [-0.15, -0.1) is 0 Å². The molecule has 0 aromatic heterocycles. The third-order valence-corrected chi connectivity index (χ3v) is 5.10. The largest absolute Gasteiger partial charge is 0.507 e. The molecule has 0 aliphatic rings. The molecule has 23 heavy (non-hydrogen) atoms. The van der Waals surface area contributed by atoms with Gasteiger partial charge in [-0.2, -0.15) is 0 Å². The first-order valence-electron chi connectivity index (χ1n) is 6.88. The Balaban J connectivity index is 2.10. The molecule has 0 saturated carbocycles. The minimum absolute atomic E-state index is 0.0102. The van der Waals surface area contributed by atoms with E-state index in [4.69, 9.17) is 0 Å². The Morgan fingerprint density at radius 3 is 2.39 bits per heavy atom. The van der Waals surface area contributed by atoms with Crippen LogP contribution in [-0.4, -0.2) is 13.5 Å². The number of hydrogen-bond donors (Lipinski definition) is 2. The highest BCUT2D eigenvalue weighted by atomic mass is 32.2. The molecule has 0 amide bonds. The number of fused-ring (bicyclic) bond motifs is 1. The van der Waals surface area contributed by atoms with Crippen LogP contribution in [0, 0.1) is 12.7 Å². The molecule has 0 spiro atoms. The highest BCUT2D eigenvalue weighted by Crippen LogP contribution is 2.32. The average Bonchev–Trinajstić information content (AvgIpc) is 2.50. The Bertz CT molecular complexity index is 1000. The van der Waals surface area contributed by atoms with Crippen LogP contribution in [0.2, 0.25) is 0 Å². The van der Waals surface area contributed by atoms with Crippen LogP contribution >= 0.6 is 0 Å². The van der Waals surface area contributed by atoms with Crippen molar-refractivity contribution in [3.63, 3.8) is 0 Å². The third-order valence-electron chi connectivity index (χ3n) is 3.57. The van der Waals surface area contributed by atoms with E-state index >= 15 is 0 Å². The fourth-order valence-corrected chi connectivity index (χ4v) is 3.79. The summed E-state index contributed by atoms with van der Waals surface area (Å²) >= 11 is 0. The van der Waals surface area contributed by atoms with E-state index in [0.29, 0.717) is 22.0 Å². The van der Waals surface area contributed by atoms with Gasteiger partial charge < -0.3 is 5.11 Å². The standard InChI is InChI=1S/C17H14FNO3S/c1-11-10-12(18)6-9-17(11)23(21,22)19-15-7-8-16(20)14-5-3-2-4-13(14)15/h2-10,19-20H,1H3. The summed E-state index contributed by atoms with van der Waals surface area (Å²) in [5.74, 6) is -0.418. The van der Waals surface area contributed by atoms with Gasteiger partial charge in [-0.25, -0.2) is 12.8 Å². The smallest absolute Gasteiger partial charge is 0.262 e. The van der Waals surface area contributed by atoms with Crippen molar-refractivity contribution in [1.82, 2.24) is 0 Å². The summed E-state index contributed by atoms with van der Waals surface area (Å²) in [6.07, 6.45) is 0. The van der Waals surface area contributed by atoms with E-state index in [1.165, 1.54) is 31.2 Å². The maximum Gasteiger partial charge on any atom is 0.262 e. The molecule has 0 fully saturated rings. The second-order valence-electron chi connectivity index (χ2n) is 5.19. The molecule has 3 aromatic rings. The number of sulfonamides is 1. The lowest BCUT2D eigenvalue weighted by molar-refractivity contribution is 0.481. The molecule has 0 radical (unpaired) electrons. The molecule has 4 nitrogen and oxygen atoms in total. The lowest BCUT2D eigenvalue weighted by Crippen LogP contribution is -2.14. The van der Waals surface area contributed by atoms with Crippen molar-refractivity contribution in [2.75, 3.05) is 4.72 Å². The first-order chi connectivity index (χ1) is 10.9. The first kappa shape index (κ1) is 15.3. The normalized spacial score (nSPS) is 11.6. The van der Waals surface area contributed by atoms with Crippen LogP contribution in [0.5, 0.6) is 5.75 Å². The van der Waals surface area contributed by atoms with Gasteiger partial charge in [-0.1, -0.05) is 24.3 Å². The number of halogens is 1. The van der Waals surface area contributed by atoms with E-state index in [1.54, 1.807) is 24.3 Å². The van der Waals surface area contributed by atoms with Crippen molar-refractivity contribution in [3.05, 3.63) is 66.0 Å². The van der Waals surface area contributed by atoms with Gasteiger partial charge in [0.25, 0.3) is 10.0 Å². The lowest BCUT2D eigenvalue weighted by atomic mass is 10.1. The molecule has 0 aliphatic heterocycles. The molecule has 3 rings (SSSR count). The summed E-state index contributed by atoms with van der Waals surface area (Å²) in [4.78, 5) is 0.0102. The average molecular weight is 331 g/mol. The fourth-order valence-electron chi connectivity index (χ4n) is 2.49. The van der Waals surface area contributed by atoms with E-state index in [1.807, 2.05) is 0 Å². The number of aryl methyl sites for hydroxylation is 1. The zero-order chi connectivity index (χ0) is 16.6. The van der Waals surface area contributed by atoms with E-state index in [-0.39, 0.29) is 10.6 Å². The number of hydrogen-bond acceptors (Lipinski definition) is 3. The van der Waals surface area contributed by atoms with Gasteiger partial charge in [0.05, 0.1) is 10.6 Å². The highest BCUT2D eigenvalue weighted by molar-refractivity contribution is 7.92. The molecular weight excluding hydrogens is 317 g/mol. The Labute approximate surface area is 133 Å². The second-order valence-corrected chi connectivity index (χ2v) is 6.84. The van der Waals surface area contributed by atoms with E-state index in [0.717, 1.165) is 6.07 Å². The Morgan fingerprint density at radius 2 is 1.70 bits per heavy atom. The SMILES string of the molecule is Cc1cc(F)ccc1S(=O)(=O)Nc1ccc(O)c2ccccc12. The van der Waals surface area contributed by atoms with Crippen molar-refractivity contribution in [2.24, 2.45) is 0 Å². The van der Waals surface area contributed by atoms with E-state index < -0.39 is 15.8 Å². The monoisotopic (exact) mass is 331 g/mol. The molecule has 0 aliphatic carbocycles. The molecule has 2 N–H and O–H groups in total. The zero-order valence-electron chi connectivity index (χ0n) is 12.2. The summed E-state index contributed by atoms with van der Waals surface area (Å²) in [6.45, 7) is 1.53. The zero-order valence-corrected chi connectivity index (χ0v) is 13.1. The molecule has 3 aromatic carbocycles. The molecule has 118 valence electrons. The Hall–Kier alpha value is -2.60. The van der Waals surface area contributed by atoms with Crippen LogP contribution in [0.1, 0.15) is 5.56 Å². The number of phenols is 1. The number of benzene rings is 3. The highest BCUT2D eigenvalue weighted by Gasteiger charge is 2.18. The molecule has 0 unspecified atom stereocenters. The van der Waals surface area contributed by atoms with Crippen LogP contribution in [0.25, 0.3) is 10.8 Å². The predicted octanol–water partition coefficient (Wildman–Crippen LogP) is 3.79.